The molecule has 2 aromatic rings. The molecule has 1 unspecified atom stereocenters. The zero-order valence-corrected chi connectivity index (χ0v) is 15.4. The molecule has 1 aliphatic heterocycles. The molecule has 25 heavy (non-hydrogen) atoms. The van der Waals surface area contributed by atoms with Gasteiger partial charge in [0.25, 0.3) is 0 Å². The minimum atomic E-state index is -0.893. The van der Waals surface area contributed by atoms with E-state index in [9.17, 15) is 4.79 Å². The van der Waals surface area contributed by atoms with Crippen molar-refractivity contribution in [1.29, 1.82) is 0 Å². The SMILES string of the molecule is CC(=Cc1ccc(C(=O)O)cc1)c1ccc2c(c1)[N+](C)(C)CCC2C. The van der Waals surface area contributed by atoms with Crippen LogP contribution < -0.4 is 4.48 Å². The first-order chi connectivity index (χ1) is 11.8. The predicted octanol–water partition coefficient (Wildman–Crippen LogP) is 5.02. The van der Waals surface area contributed by atoms with Crippen LogP contribution in [0.4, 0.5) is 5.69 Å². The summed E-state index contributed by atoms with van der Waals surface area (Å²) in [6.45, 7) is 5.58. The summed E-state index contributed by atoms with van der Waals surface area (Å²) < 4.78 is 0.925. The second-order valence-corrected chi connectivity index (χ2v) is 7.63. The van der Waals surface area contributed by atoms with Crippen molar-refractivity contribution < 1.29 is 9.90 Å². The second kappa shape index (κ2) is 6.49. The topological polar surface area (TPSA) is 37.3 Å². The Morgan fingerprint density at radius 2 is 1.76 bits per heavy atom. The van der Waals surface area contributed by atoms with Gasteiger partial charge in [0.15, 0.2) is 0 Å². The molecule has 0 spiro atoms. The molecule has 0 radical (unpaired) electrons. The van der Waals surface area contributed by atoms with E-state index in [0.717, 1.165) is 16.6 Å². The molecule has 0 aliphatic carbocycles. The average molecular weight is 336 g/mol. The molecule has 1 N–H and O–H groups in total. The number of aromatic carboxylic acids is 1. The van der Waals surface area contributed by atoms with Crippen molar-refractivity contribution >= 4 is 23.3 Å². The standard InChI is InChI=1S/C22H25NO2/c1-15-11-12-23(3,4)21-14-19(9-10-20(15)21)16(2)13-17-5-7-18(8-6-17)22(24)25/h5-10,13-15H,11-12H2,1-4H3/p+1. The molecule has 130 valence electrons. The van der Waals surface area contributed by atoms with E-state index in [0.29, 0.717) is 11.5 Å². The van der Waals surface area contributed by atoms with Crippen LogP contribution in [0.25, 0.3) is 11.6 Å². The Kier molecular flexibility index (Phi) is 4.53. The van der Waals surface area contributed by atoms with Crippen LogP contribution in [-0.2, 0) is 0 Å². The summed E-state index contributed by atoms with van der Waals surface area (Å²) in [7, 11) is 4.55. The van der Waals surface area contributed by atoms with Gasteiger partial charge in [-0.1, -0.05) is 37.3 Å². The van der Waals surface area contributed by atoms with Gasteiger partial charge in [0.2, 0.25) is 0 Å². The second-order valence-electron chi connectivity index (χ2n) is 7.63. The molecule has 0 saturated heterocycles. The fraction of sp³-hybridized carbons (Fsp3) is 0.318. The third-order valence-electron chi connectivity index (χ3n) is 5.33. The van der Waals surface area contributed by atoms with E-state index in [1.807, 2.05) is 12.1 Å². The summed E-state index contributed by atoms with van der Waals surface area (Å²) in [5.74, 6) is -0.279. The van der Waals surface area contributed by atoms with Gasteiger partial charge in [0.1, 0.15) is 5.69 Å². The highest BCUT2D eigenvalue weighted by atomic mass is 16.4. The molecule has 1 aliphatic rings. The van der Waals surface area contributed by atoms with Gasteiger partial charge in [0, 0.05) is 18.1 Å². The predicted molar refractivity (Wildman–Crippen MR) is 105 cm³/mol. The highest BCUT2D eigenvalue weighted by Crippen LogP contribution is 2.39. The van der Waals surface area contributed by atoms with Gasteiger partial charge in [-0.3, -0.25) is 4.48 Å². The lowest BCUT2D eigenvalue weighted by molar-refractivity contribution is 0.0697. The zero-order chi connectivity index (χ0) is 18.2. The summed E-state index contributed by atoms with van der Waals surface area (Å²) in [4.78, 5) is 11.0. The summed E-state index contributed by atoms with van der Waals surface area (Å²) in [6.07, 6.45) is 3.34. The van der Waals surface area contributed by atoms with Gasteiger partial charge < -0.3 is 5.11 Å². The minimum Gasteiger partial charge on any atom is -0.478 e. The Labute approximate surface area is 149 Å². The Morgan fingerprint density at radius 1 is 1.12 bits per heavy atom. The molecule has 1 atom stereocenters. The summed E-state index contributed by atoms with van der Waals surface area (Å²) in [5, 5.41) is 9.00. The van der Waals surface area contributed by atoms with Gasteiger partial charge in [-0.15, -0.1) is 0 Å². The molecule has 2 aromatic carbocycles. The molecule has 0 bridgehead atoms. The fourth-order valence-corrected chi connectivity index (χ4v) is 3.58. The Bertz CT molecular complexity index is 832. The third-order valence-corrected chi connectivity index (χ3v) is 5.33. The zero-order valence-electron chi connectivity index (χ0n) is 15.4. The van der Waals surface area contributed by atoms with Crippen molar-refractivity contribution in [3.63, 3.8) is 0 Å². The van der Waals surface area contributed by atoms with Crippen molar-refractivity contribution in [3.8, 4) is 0 Å². The summed E-state index contributed by atoms with van der Waals surface area (Å²) >= 11 is 0. The first-order valence-corrected chi connectivity index (χ1v) is 8.77. The number of hydrogen-bond acceptors (Lipinski definition) is 1. The Morgan fingerprint density at radius 3 is 2.40 bits per heavy atom. The van der Waals surface area contributed by atoms with Crippen molar-refractivity contribution in [3.05, 3.63) is 64.7 Å². The lowest BCUT2D eigenvalue weighted by atomic mass is 9.88. The van der Waals surface area contributed by atoms with E-state index in [4.69, 9.17) is 5.11 Å². The molecule has 3 rings (SSSR count). The Hall–Kier alpha value is -2.39. The van der Waals surface area contributed by atoms with E-state index in [2.05, 4.69) is 52.2 Å². The van der Waals surface area contributed by atoms with Crippen LogP contribution in [0.3, 0.4) is 0 Å². The van der Waals surface area contributed by atoms with Crippen LogP contribution in [0.1, 0.15) is 53.2 Å². The molecular formula is C22H26NO2+. The molecule has 3 heteroatoms. The number of carbonyl (C=O) groups is 1. The van der Waals surface area contributed by atoms with Crippen LogP contribution in [0.2, 0.25) is 0 Å². The summed E-state index contributed by atoms with van der Waals surface area (Å²) in [6, 6.07) is 13.8. The van der Waals surface area contributed by atoms with E-state index in [1.165, 1.54) is 28.8 Å². The van der Waals surface area contributed by atoms with Crippen molar-refractivity contribution in [2.45, 2.75) is 26.2 Å². The number of nitrogens with zero attached hydrogens (tertiary/aromatic N) is 1. The van der Waals surface area contributed by atoms with Gasteiger partial charge in [-0.2, -0.15) is 0 Å². The van der Waals surface area contributed by atoms with Crippen molar-refractivity contribution in [1.82, 2.24) is 4.48 Å². The maximum atomic E-state index is 11.0. The van der Waals surface area contributed by atoms with Crippen LogP contribution in [0.5, 0.6) is 0 Å². The smallest absolute Gasteiger partial charge is 0.335 e. The number of hydrogen-bond donors (Lipinski definition) is 1. The Balaban J connectivity index is 1.95. The maximum absolute atomic E-state index is 11.0. The lowest BCUT2D eigenvalue weighted by Crippen LogP contribution is -2.45. The number of benzene rings is 2. The van der Waals surface area contributed by atoms with E-state index in [1.54, 1.807) is 12.1 Å². The molecule has 3 nitrogen and oxygen atoms in total. The molecule has 1 heterocycles. The lowest BCUT2D eigenvalue weighted by Gasteiger charge is -2.37. The minimum absolute atomic E-state index is 0.316. The average Bonchev–Trinajstić information content (AvgIpc) is 2.58. The van der Waals surface area contributed by atoms with Gasteiger partial charge in [0.05, 0.1) is 26.2 Å². The fourth-order valence-electron chi connectivity index (χ4n) is 3.58. The monoisotopic (exact) mass is 336 g/mol. The number of rotatable bonds is 3. The molecule has 0 saturated carbocycles. The van der Waals surface area contributed by atoms with Crippen LogP contribution >= 0.6 is 0 Å². The molecule has 0 amide bonds. The maximum Gasteiger partial charge on any atom is 0.335 e. The number of quaternary nitrogens is 1. The van der Waals surface area contributed by atoms with Crippen molar-refractivity contribution in [2.75, 3.05) is 20.6 Å². The van der Waals surface area contributed by atoms with E-state index < -0.39 is 5.97 Å². The third kappa shape index (κ3) is 3.52. The summed E-state index contributed by atoms with van der Waals surface area (Å²) in [5.41, 5.74) is 6.60. The van der Waals surface area contributed by atoms with E-state index >= 15 is 0 Å². The first-order valence-electron chi connectivity index (χ1n) is 8.77. The van der Waals surface area contributed by atoms with Crippen LogP contribution in [0.15, 0.2) is 42.5 Å². The number of carboxylic acids is 1. The van der Waals surface area contributed by atoms with Crippen LogP contribution in [0, 0.1) is 0 Å². The van der Waals surface area contributed by atoms with Gasteiger partial charge >= 0.3 is 5.97 Å². The number of carboxylic acid groups (broad SMARTS) is 1. The first kappa shape index (κ1) is 17.4. The largest absolute Gasteiger partial charge is 0.478 e. The normalized spacial score (nSPS) is 19.4. The molecule has 0 aromatic heterocycles. The highest BCUT2D eigenvalue weighted by molar-refractivity contribution is 5.88. The quantitative estimate of drug-likeness (QED) is 0.631. The molecule has 0 fully saturated rings. The van der Waals surface area contributed by atoms with Gasteiger partial charge in [-0.05, 0) is 41.7 Å². The van der Waals surface area contributed by atoms with Gasteiger partial charge in [-0.25, -0.2) is 4.79 Å². The number of fused-ring (bicyclic) bond motifs is 1. The highest BCUT2D eigenvalue weighted by Gasteiger charge is 2.31. The van der Waals surface area contributed by atoms with Crippen molar-refractivity contribution in [2.24, 2.45) is 0 Å². The number of allylic oxidation sites excluding steroid dienone is 1. The van der Waals surface area contributed by atoms with Crippen LogP contribution in [-0.4, -0.2) is 31.7 Å². The van der Waals surface area contributed by atoms with E-state index in [-0.39, 0.29) is 0 Å². The molecular weight excluding hydrogens is 310 g/mol.